The van der Waals surface area contributed by atoms with Gasteiger partial charge in [0.25, 0.3) is 0 Å². The Balaban J connectivity index is 1.89. The first-order chi connectivity index (χ1) is 15.7. The Morgan fingerprint density at radius 1 is 0.875 bits per heavy atom. The van der Waals surface area contributed by atoms with Crippen molar-refractivity contribution in [1.29, 1.82) is 0 Å². The highest BCUT2D eigenvalue weighted by Crippen LogP contribution is 2.44. The van der Waals surface area contributed by atoms with Gasteiger partial charge in [-0.1, -0.05) is 78.9 Å². The van der Waals surface area contributed by atoms with Gasteiger partial charge in [0.1, 0.15) is 12.4 Å². The number of para-hydroxylation sites is 1. The van der Waals surface area contributed by atoms with Crippen molar-refractivity contribution in [3.8, 4) is 17.0 Å². The predicted molar refractivity (Wildman–Crippen MR) is 124 cm³/mol. The number of rotatable bonds is 5. The minimum atomic E-state index is -0.586. The summed E-state index contributed by atoms with van der Waals surface area (Å²) >= 11 is 0. The molecule has 3 aromatic carbocycles. The molecule has 0 radical (unpaired) electrons. The topological polar surface area (TPSA) is 86.5 Å². The predicted octanol–water partition coefficient (Wildman–Crippen LogP) is 5.17. The van der Waals surface area contributed by atoms with Crippen LogP contribution in [0, 0.1) is 0 Å². The lowest BCUT2D eigenvalue weighted by Crippen LogP contribution is -2.11. The maximum Gasteiger partial charge on any atom is 0.227 e. The number of fused-ring (bicyclic) bond motifs is 1. The summed E-state index contributed by atoms with van der Waals surface area (Å²) in [7, 11) is 0. The molecule has 0 saturated carbocycles. The fourth-order valence-corrected chi connectivity index (χ4v) is 4.22. The SMILES string of the molecule is O=c1cc(CO)oc(C(c2ccccc2)c2c(-c3ccccc3)[nH]c3ccccc23)c1O. The Hall–Kier alpha value is -4.09. The summed E-state index contributed by atoms with van der Waals surface area (Å²) < 4.78 is 5.90. The summed E-state index contributed by atoms with van der Waals surface area (Å²) in [5.74, 6) is -0.832. The smallest absolute Gasteiger partial charge is 0.227 e. The van der Waals surface area contributed by atoms with E-state index in [2.05, 4.69) is 4.98 Å². The molecule has 1 atom stereocenters. The van der Waals surface area contributed by atoms with Crippen LogP contribution in [0.3, 0.4) is 0 Å². The van der Waals surface area contributed by atoms with Gasteiger partial charge in [-0.05, 0) is 17.2 Å². The summed E-state index contributed by atoms with van der Waals surface area (Å²) in [5, 5.41) is 21.4. The van der Waals surface area contributed by atoms with E-state index in [-0.39, 0.29) is 11.5 Å². The molecule has 0 fully saturated rings. The molecule has 0 bridgehead atoms. The van der Waals surface area contributed by atoms with Gasteiger partial charge in [0, 0.05) is 22.5 Å². The minimum Gasteiger partial charge on any atom is -0.502 e. The van der Waals surface area contributed by atoms with E-state index >= 15 is 0 Å². The molecule has 2 aromatic heterocycles. The molecule has 0 aliphatic rings. The molecule has 5 rings (SSSR count). The molecule has 2 heterocycles. The van der Waals surface area contributed by atoms with Crippen LogP contribution >= 0.6 is 0 Å². The van der Waals surface area contributed by atoms with Crippen LogP contribution in [0.15, 0.2) is 100 Å². The van der Waals surface area contributed by atoms with Crippen molar-refractivity contribution < 1.29 is 14.6 Å². The molecule has 0 aliphatic heterocycles. The van der Waals surface area contributed by atoms with Gasteiger partial charge in [0.05, 0.1) is 11.6 Å². The van der Waals surface area contributed by atoms with E-state index in [0.29, 0.717) is 0 Å². The Kier molecular flexibility index (Phi) is 5.09. The second-order valence-corrected chi connectivity index (χ2v) is 7.62. The Labute approximate surface area is 184 Å². The van der Waals surface area contributed by atoms with E-state index in [1.165, 1.54) is 0 Å². The van der Waals surface area contributed by atoms with Gasteiger partial charge in [-0.15, -0.1) is 0 Å². The maximum atomic E-state index is 12.5. The number of hydrogen-bond donors (Lipinski definition) is 3. The van der Waals surface area contributed by atoms with Crippen molar-refractivity contribution in [3.63, 3.8) is 0 Å². The first-order valence-corrected chi connectivity index (χ1v) is 10.3. The third-order valence-electron chi connectivity index (χ3n) is 5.65. The second kappa shape index (κ2) is 8.21. The van der Waals surface area contributed by atoms with Crippen molar-refractivity contribution in [2.45, 2.75) is 12.5 Å². The number of aliphatic hydroxyl groups is 1. The summed E-state index contributed by atoms with van der Waals surface area (Å²) in [4.78, 5) is 16.0. The molecular formula is C27H21NO4. The summed E-state index contributed by atoms with van der Waals surface area (Å²) in [6, 6.07) is 28.5. The van der Waals surface area contributed by atoms with Crippen LogP contribution in [0.4, 0.5) is 0 Å². The fraction of sp³-hybridized carbons (Fsp3) is 0.0741. The van der Waals surface area contributed by atoms with Gasteiger partial charge in [0.2, 0.25) is 11.2 Å². The van der Waals surface area contributed by atoms with Crippen LogP contribution in [0.2, 0.25) is 0 Å². The molecular weight excluding hydrogens is 402 g/mol. The number of aromatic hydroxyl groups is 1. The maximum absolute atomic E-state index is 12.5. The molecule has 5 nitrogen and oxygen atoms in total. The van der Waals surface area contributed by atoms with Crippen molar-refractivity contribution in [3.05, 3.63) is 124 Å². The van der Waals surface area contributed by atoms with Crippen LogP contribution in [0.25, 0.3) is 22.2 Å². The van der Waals surface area contributed by atoms with Gasteiger partial charge >= 0.3 is 0 Å². The lowest BCUT2D eigenvalue weighted by Gasteiger charge is -2.20. The summed E-state index contributed by atoms with van der Waals surface area (Å²) in [6.45, 7) is -0.441. The molecule has 0 spiro atoms. The molecule has 0 saturated heterocycles. The van der Waals surface area contributed by atoms with Gasteiger partial charge in [-0.25, -0.2) is 0 Å². The van der Waals surface area contributed by atoms with E-state index in [0.717, 1.165) is 39.4 Å². The third-order valence-corrected chi connectivity index (χ3v) is 5.65. The second-order valence-electron chi connectivity index (χ2n) is 7.62. The average Bonchev–Trinajstić information content (AvgIpc) is 3.22. The molecule has 1 unspecified atom stereocenters. The summed E-state index contributed by atoms with van der Waals surface area (Å²) in [6.07, 6.45) is 0. The van der Waals surface area contributed by atoms with E-state index < -0.39 is 23.7 Å². The van der Waals surface area contributed by atoms with Gasteiger partial charge in [-0.3, -0.25) is 4.79 Å². The Morgan fingerprint density at radius 3 is 2.25 bits per heavy atom. The molecule has 5 heteroatoms. The number of aliphatic hydroxyl groups excluding tert-OH is 1. The van der Waals surface area contributed by atoms with E-state index in [1.807, 2.05) is 84.9 Å². The molecule has 5 aromatic rings. The number of hydrogen-bond acceptors (Lipinski definition) is 4. The van der Waals surface area contributed by atoms with Gasteiger partial charge < -0.3 is 19.6 Å². The molecule has 32 heavy (non-hydrogen) atoms. The largest absolute Gasteiger partial charge is 0.502 e. The molecule has 0 amide bonds. The Morgan fingerprint density at radius 2 is 1.53 bits per heavy atom. The van der Waals surface area contributed by atoms with Crippen LogP contribution in [0.1, 0.15) is 28.6 Å². The van der Waals surface area contributed by atoms with Crippen molar-refractivity contribution in [2.75, 3.05) is 0 Å². The lowest BCUT2D eigenvalue weighted by molar-refractivity contribution is 0.235. The average molecular weight is 423 g/mol. The van der Waals surface area contributed by atoms with Gasteiger partial charge in [-0.2, -0.15) is 0 Å². The standard InChI is InChI=1S/C27H21NO4/c29-16-19-15-22(30)26(31)27(32-19)23(17-9-3-1-4-10-17)24-20-13-7-8-14-21(20)28-25(24)18-11-5-2-6-12-18/h1-15,23,28-29,31H,16H2. The first kappa shape index (κ1) is 19.8. The zero-order chi connectivity index (χ0) is 22.1. The first-order valence-electron chi connectivity index (χ1n) is 10.3. The van der Waals surface area contributed by atoms with E-state index in [4.69, 9.17) is 4.42 Å². The molecule has 0 aliphatic carbocycles. The molecule has 3 N–H and O–H groups in total. The quantitative estimate of drug-likeness (QED) is 0.364. The third kappa shape index (κ3) is 3.39. The summed E-state index contributed by atoms with van der Waals surface area (Å²) in [5.41, 5.74) is 3.92. The monoisotopic (exact) mass is 423 g/mol. The molecule has 158 valence electrons. The number of aromatic nitrogens is 1. The fourth-order valence-electron chi connectivity index (χ4n) is 4.22. The van der Waals surface area contributed by atoms with Crippen molar-refractivity contribution in [2.24, 2.45) is 0 Å². The number of nitrogens with one attached hydrogen (secondary N) is 1. The minimum absolute atomic E-state index is 0.102. The van der Waals surface area contributed by atoms with Crippen molar-refractivity contribution in [1.82, 2.24) is 4.98 Å². The number of aromatic amines is 1. The number of H-pyrrole nitrogens is 1. The van der Waals surface area contributed by atoms with Crippen LogP contribution < -0.4 is 5.43 Å². The van der Waals surface area contributed by atoms with E-state index in [9.17, 15) is 15.0 Å². The van der Waals surface area contributed by atoms with Gasteiger partial charge in [0.15, 0.2) is 5.76 Å². The van der Waals surface area contributed by atoms with Crippen LogP contribution in [0.5, 0.6) is 5.75 Å². The highest BCUT2D eigenvalue weighted by Gasteiger charge is 2.30. The van der Waals surface area contributed by atoms with Crippen LogP contribution in [-0.2, 0) is 6.61 Å². The normalized spacial score (nSPS) is 12.2. The van der Waals surface area contributed by atoms with Crippen molar-refractivity contribution >= 4 is 10.9 Å². The number of benzene rings is 3. The van der Waals surface area contributed by atoms with Crippen LogP contribution in [-0.4, -0.2) is 15.2 Å². The highest BCUT2D eigenvalue weighted by molar-refractivity contribution is 5.92. The lowest BCUT2D eigenvalue weighted by atomic mass is 9.85. The highest BCUT2D eigenvalue weighted by atomic mass is 16.4. The zero-order valence-electron chi connectivity index (χ0n) is 17.2. The Bertz CT molecular complexity index is 1440. The zero-order valence-corrected chi connectivity index (χ0v) is 17.2. The van der Waals surface area contributed by atoms with E-state index in [1.54, 1.807) is 0 Å².